The van der Waals surface area contributed by atoms with Crippen molar-refractivity contribution in [2.45, 2.75) is 38.8 Å². The number of nitrogens with zero attached hydrogens (tertiary/aromatic N) is 1. The lowest BCUT2D eigenvalue weighted by atomic mass is 9.87. The minimum atomic E-state index is 0.470. The van der Waals surface area contributed by atoms with E-state index in [1.54, 1.807) is 6.20 Å². The first-order chi connectivity index (χ1) is 10.4. The SMILES string of the molecule is CCNC1CCCc2ccc(OCc3ccccn3)cc21. The molecule has 0 bridgehead atoms. The molecule has 1 aromatic carbocycles. The zero-order valence-electron chi connectivity index (χ0n) is 12.5. The van der Waals surface area contributed by atoms with E-state index in [1.165, 1.54) is 30.4 Å². The largest absolute Gasteiger partial charge is 0.487 e. The zero-order chi connectivity index (χ0) is 14.5. The molecule has 0 fully saturated rings. The molecule has 1 atom stereocenters. The second kappa shape index (κ2) is 6.72. The van der Waals surface area contributed by atoms with Crippen LogP contribution in [0.25, 0.3) is 0 Å². The molecule has 21 heavy (non-hydrogen) atoms. The highest BCUT2D eigenvalue weighted by Gasteiger charge is 2.19. The van der Waals surface area contributed by atoms with E-state index in [1.807, 2.05) is 18.2 Å². The fourth-order valence-corrected chi connectivity index (χ4v) is 2.97. The maximum Gasteiger partial charge on any atom is 0.130 e. The predicted molar refractivity (Wildman–Crippen MR) is 84.4 cm³/mol. The van der Waals surface area contributed by atoms with Gasteiger partial charge >= 0.3 is 0 Å². The molecule has 0 saturated carbocycles. The van der Waals surface area contributed by atoms with Crippen molar-refractivity contribution in [2.75, 3.05) is 6.54 Å². The molecule has 0 aliphatic heterocycles. The Kier molecular flexibility index (Phi) is 4.51. The fraction of sp³-hybridized carbons (Fsp3) is 0.389. The van der Waals surface area contributed by atoms with Crippen LogP contribution < -0.4 is 10.1 Å². The number of nitrogens with one attached hydrogen (secondary N) is 1. The van der Waals surface area contributed by atoms with Crippen molar-refractivity contribution in [2.24, 2.45) is 0 Å². The molecular weight excluding hydrogens is 260 g/mol. The summed E-state index contributed by atoms with van der Waals surface area (Å²) in [5.74, 6) is 0.934. The molecule has 1 heterocycles. The van der Waals surface area contributed by atoms with Crippen LogP contribution in [-0.4, -0.2) is 11.5 Å². The average Bonchev–Trinajstić information content (AvgIpc) is 2.54. The lowest BCUT2D eigenvalue weighted by molar-refractivity contribution is 0.300. The van der Waals surface area contributed by atoms with Gasteiger partial charge in [0, 0.05) is 12.2 Å². The Morgan fingerprint density at radius 1 is 1.29 bits per heavy atom. The average molecular weight is 282 g/mol. The minimum Gasteiger partial charge on any atom is -0.487 e. The number of rotatable bonds is 5. The van der Waals surface area contributed by atoms with Crippen molar-refractivity contribution >= 4 is 0 Å². The fourth-order valence-electron chi connectivity index (χ4n) is 2.97. The van der Waals surface area contributed by atoms with Gasteiger partial charge in [-0.3, -0.25) is 4.98 Å². The number of aryl methyl sites for hydroxylation is 1. The first kappa shape index (κ1) is 14.1. The summed E-state index contributed by atoms with van der Waals surface area (Å²) in [6.45, 7) is 3.68. The summed E-state index contributed by atoms with van der Waals surface area (Å²) in [5, 5.41) is 3.57. The van der Waals surface area contributed by atoms with Crippen molar-refractivity contribution in [3.8, 4) is 5.75 Å². The van der Waals surface area contributed by atoms with Crippen LogP contribution >= 0.6 is 0 Å². The Balaban J connectivity index is 1.73. The van der Waals surface area contributed by atoms with Gasteiger partial charge in [-0.1, -0.05) is 19.1 Å². The summed E-state index contributed by atoms with van der Waals surface area (Å²) < 4.78 is 5.89. The monoisotopic (exact) mass is 282 g/mol. The third kappa shape index (κ3) is 3.42. The summed E-state index contributed by atoms with van der Waals surface area (Å²) in [7, 11) is 0. The molecule has 0 amide bonds. The molecular formula is C18H22N2O. The molecule has 0 radical (unpaired) electrons. The van der Waals surface area contributed by atoms with E-state index < -0.39 is 0 Å². The third-order valence-corrected chi connectivity index (χ3v) is 4.00. The molecule has 3 heteroatoms. The Morgan fingerprint density at radius 3 is 3.05 bits per heavy atom. The number of benzene rings is 1. The first-order valence-corrected chi connectivity index (χ1v) is 7.75. The highest BCUT2D eigenvalue weighted by atomic mass is 16.5. The van der Waals surface area contributed by atoms with E-state index in [2.05, 4.69) is 35.4 Å². The summed E-state index contributed by atoms with van der Waals surface area (Å²) in [6, 6.07) is 12.9. The molecule has 3 nitrogen and oxygen atoms in total. The summed E-state index contributed by atoms with van der Waals surface area (Å²) >= 11 is 0. The van der Waals surface area contributed by atoms with Crippen LogP contribution in [0.2, 0.25) is 0 Å². The predicted octanol–water partition coefficient (Wildman–Crippen LogP) is 3.65. The normalized spacial score (nSPS) is 17.3. The van der Waals surface area contributed by atoms with Gasteiger partial charge in [0.25, 0.3) is 0 Å². The van der Waals surface area contributed by atoms with Crippen LogP contribution in [0.3, 0.4) is 0 Å². The highest BCUT2D eigenvalue weighted by Crippen LogP contribution is 2.32. The molecule has 3 rings (SSSR count). The molecule has 2 aromatic rings. The van der Waals surface area contributed by atoms with Gasteiger partial charge in [-0.2, -0.15) is 0 Å². The number of fused-ring (bicyclic) bond motifs is 1. The van der Waals surface area contributed by atoms with E-state index in [4.69, 9.17) is 4.74 Å². The van der Waals surface area contributed by atoms with Crippen molar-refractivity contribution < 1.29 is 4.74 Å². The summed E-state index contributed by atoms with van der Waals surface area (Å²) in [5.41, 5.74) is 3.82. The zero-order valence-corrected chi connectivity index (χ0v) is 12.5. The number of hydrogen-bond donors (Lipinski definition) is 1. The topological polar surface area (TPSA) is 34.1 Å². The number of hydrogen-bond acceptors (Lipinski definition) is 3. The lowest BCUT2D eigenvalue weighted by Gasteiger charge is -2.26. The van der Waals surface area contributed by atoms with Crippen molar-refractivity contribution in [3.05, 3.63) is 59.4 Å². The number of ether oxygens (including phenoxy) is 1. The van der Waals surface area contributed by atoms with Crippen LogP contribution in [0.15, 0.2) is 42.6 Å². The van der Waals surface area contributed by atoms with Crippen molar-refractivity contribution in [1.82, 2.24) is 10.3 Å². The Hall–Kier alpha value is -1.87. The van der Waals surface area contributed by atoms with Gasteiger partial charge < -0.3 is 10.1 Å². The van der Waals surface area contributed by atoms with Crippen LogP contribution in [0.1, 0.15) is 42.6 Å². The lowest BCUT2D eigenvalue weighted by Crippen LogP contribution is -2.24. The smallest absolute Gasteiger partial charge is 0.130 e. The van der Waals surface area contributed by atoms with Crippen LogP contribution in [-0.2, 0) is 13.0 Å². The second-order valence-electron chi connectivity index (χ2n) is 5.47. The maximum atomic E-state index is 5.89. The highest BCUT2D eigenvalue weighted by molar-refractivity contribution is 5.39. The van der Waals surface area contributed by atoms with Gasteiger partial charge in [0.1, 0.15) is 12.4 Å². The molecule has 0 saturated heterocycles. The van der Waals surface area contributed by atoms with Gasteiger partial charge in [0.2, 0.25) is 0 Å². The number of aromatic nitrogens is 1. The van der Waals surface area contributed by atoms with E-state index in [9.17, 15) is 0 Å². The Labute approximate surface area is 126 Å². The van der Waals surface area contributed by atoms with Gasteiger partial charge in [-0.15, -0.1) is 0 Å². The third-order valence-electron chi connectivity index (χ3n) is 4.00. The van der Waals surface area contributed by atoms with E-state index in [0.29, 0.717) is 12.6 Å². The van der Waals surface area contributed by atoms with Gasteiger partial charge in [0.15, 0.2) is 0 Å². The van der Waals surface area contributed by atoms with Crippen LogP contribution in [0, 0.1) is 0 Å². The van der Waals surface area contributed by atoms with Crippen molar-refractivity contribution in [1.29, 1.82) is 0 Å². The first-order valence-electron chi connectivity index (χ1n) is 7.75. The van der Waals surface area contributed by atoms with E-state index >= 15 is 0 Å². The molecule has 110 valence electrons. The standard InChI is InChI=1S/C18H22N2O/c1-2-19-18-8-5-6-14-9-10-16(12-17(14)18)21-13-15-7-3-4-11-20-15/h3-4,7,9-12,18-19H,2,5-6,8,13H2,1H3. The van der Waals surface area contributed by atoms with E-state index in [0.717, 1.165) is 18.0 Å². The summed E-state index contributed by atoms with van der Waals surface area (Å²) in [6.07, 6.45) is 5.45. The quantitative estimate of drug-likeness (QED) is 0.909. The van der Waals surface area contributed by atoms with Gasteiger partial charge in [0.05, 0.1) is 5.69 Å². The number of pyridine rings is 1. The Morgan fingerprint density at radius 2 is 2.24 bits per heavy atom. The van der Waals surface area contributed by atoms with Crippen LogP contribution in [0.5, 0.6) is 5.75 Å². The molecule has 1 aliphatic rings. The molecule has 1 aliphatic carbocycles. The van der Waals surface area contributed by atoms with Crippen LogP contribution in [0.4, 0.5) is 0 Å². The maximum absolute atomic E-state index is 5.89. The van der Waals surface area contributed by atoms with E-state index in [-0.39, 0.29) is 0 Å². The minimum absolute atomic E-state index is 0.470. The molecule has 1 unspecified atom stereocenters. The van der Waals surface area contributed by atoms with Gasteiger partial charge in [-0.05, 0) is 61.2 Å². The summed E-state index contributed by atoms with van der Waals surface area (Å²) in [4.78, 5) is 4.29. The van der Waals surface area contributed by atoms with Gasteiger partial charge in [-0.25, -0.2) is 0 Å². The Bertz CT molecular complexity index is 583. The molecule has 0 spiro atoms. The molecule has 1 aromatic heterocycles. The van der Waals surface area contributed by atoms with Crippen molar-refractivity contribution in [3.63, 3.8) is 0 Å². The molecule has 1 N–H and O–H groups in total. The second-order valence-corrected chi connectivity index (χ2v) is 5.47.